The lowest BCUT2D eigenvalue weighted by atomic mass is 10.0. The maximum Gasteiger partial charge on any atom is 0.227 e. The summed E-state index contributed by atoms with van der Waals surface area (Å²) in [6.45, 7) is 4.64. The van der Waals surface area contributed by atoms with Crippen LogP contribution in [0.3, 0.4) is 0 Å². The summed E-state index contributed by atoms with van der Waals surface area (Å²) >= 11 is 0. The quantitative estimate of drug-likeness (QED) is 0.901. The molecule has 1 aromatic rings. The molecular weight excluding hydrogens is 243 g/mol. The Hall–Kier alpha value is -1.42. The number of amides is 1. The largest absolute Gasteiger partial charge is 0.341 e. The van der Waals surface area contributed by atoms with Gasteiger partial charge in [-0.3, -0.25) is 4.79 Å². The lowest BCUT2D eigenvalue weighted by molar-refractivity contribution is -0.131. The molecule has 0 bridgehead atoms. The van der Waals surface area contributed by atoms with E-state index in [0.29, 0.717) is 12.5 Å². The molecule has 0 aromatic heterocycles. The fourth-order valence-corrected chi connectivity index (χ4v) is 2.55. The number of hydrogen-bond acceptors (Lipinski definition) is 2. The van der Waals surface area contributed by atoms with Gasteiger partial charge in [0.25, 0.3) is 0 Å². The molecule has 0 aliphatic carbocycles. The molecule has 1 heterocycles. The van der Waals surface area contributed by atoms with Gasteiger partial charge in [0, 0.05) is 19.1 Å². The Balaban J connectivity index is 1.90. The number of hydrogen-bond donors (Lipinski definition) is 1. The number of likely N-dealkylation sites (tertiary alicyclic amines) is 1. The molecule has 2 rings (SSSR count). The van der Waals surface area contributed by atoms with Gasteiger partial charge in [0.15, 0.2) is 0 Å². The molecule has 1 atom stereocenters. The van der Waals surface area contributed by atoms with Crippen molar-refractivity contribution < 1.29 is 9.18 Å². The molecule has 1 amide bonds. The van der Waals surface area contributed by atoms with E-state index in [1.165, 1.54) is 12.1 Å². The van der Waals surface area contributed by atoms with E-state index in [4.69, 9.17) is 0 Å². The van der Waals surface area contributed by atoms with Crippen molar-refractivity contribution in [1.82, 2.24) is 10.2 Å². The summed E-state index contributed by atoms with van der Waals surface area (Å²) in [5.74, 6) is -0.129. The van der Waals surface area contributed by atoms with Gasteiger partial charge in [0.05, 0.1) is 6.42 Å². The predicted molar refractivity (Wildman–Crippen MR) is 73.4 cm³/mol. The Kier molecular flexibility index (Phi) is 4.91. The number of nitrogens with one attached hydrogen (secondary N) is 1. The van der Waals surface area contributed by atoms with E-state index in [-0.39, 0.29) is 11.7 Å². The van der Waals surface area contributed by atoms with E-state index in [1.807, 2.05) is 4.90 Å². The van der Waals surface area contributed by atoms with Crippen LogP contribution in [0.15, 0.2) is 24.3 Å². The Bertz CT molecular complexity index is 417. The van der Waals surface area contributed by atoms with Crippen molar-refractivity contribution in [2.24, 2.45) is 0 Å². The third-order valence-corrected chi connectivity index (χ3v) is 3.54. The lowest BCUT2D eigenvalue weighted by Gasteiger charge is -2.33. The predicted octanol–water partition coefficient (Wildman–Crippen LogP) is 1.97. The minimum Gasteiger partial charge on any atom is -0.341 e. The van der Waals surface area contributed by atoms with Crippen LogP contribution in [0.4, 0.5) is 4.39 Å². The molecule has 4 heteroatoms. The van der Waals surface area contributed by atoms with Crippen LogP contribution in [0.25, 0.3) is 0 Å². The van der Waals surface area contributed by atoms with Gasteiger partial charge < -0.3 is 10.2 Å². The summed E-state index contributed by atoms with van der Waals surface area (Å²) in [5.41, 5.74) is 0.872. The SMILES string of the molecule is CCNC1CCCN(C(=O)Cc2ccc(F)cc2)C1. The van der Waals surface area contributed by atoms with Crippen LogP contribution in [-0.4, -0.2) is 36.5 Å². The number of halogens is 1. The third kappa shape index (κ3) is 4.03. The van der Waals surface area contributed by atoms with Crippen LogP contribution in [0.2, 0.25) is 0 Å². The van der Waals surface area contributed by atoms with Crippen LogP contribution in [-0.2, 0) is 11.2 Å². The van der Waals surface area contributed by atoms with E-state index in [1.54, 1.807) is 12.1 Å². The van der Waals surface area contributed by atoms with Gasteiger partial charge in [-0.05, 0) is 37.1 Å². The van der Waals surface area contributed by atoms with Crippen LogP contribution < -0.4 is 5.32 Å². The second-order valence-corrected chi connectivity index (χ2v) is 5.04. The molecule has 1 unspecified atom stereocenters. The zero-order chi connectivity index (χ0) is 13.7. The van der Waals surface area contributed by atoms with Gasteiger partial charge in [-0.2, -0.15) is 0 Å². The van der Waals surface area contributed by atoms with Gasteiger partial charge in [-0.25, -0.2) is 4.39 Å². The molecule has 104 valence electrons. The summed E-state index contributed by atoms with van der Waals surface area (Å²) in [5, 5.41) is 3.40. The third-order valence-electron chi connectivity index (χ3n) is 3.54. The molecule has 1 aromatic carbocycles. The smallest absolute Gasteiger partial charge is 0.227 e. The zero-order valence-electron chi connectivity index (χ0n) is 11.4. The van der Waals surface area contributed by atoms with E-state index in [2.05, 4.69) is 12.2 Å². The number of piperidine rings is 1. The number of carbonyl (C=O) groups is 1. The van der Waals surface area contributed by atoms with E-state index >= 15 is 0 Å². The lowest BCUT2D eigenvalue weighted by Crippen LogP contribution is -2.48. The first-order chi connectivity index (χ1) is 9.19. The maximum absolute atomic E-state index is 12.8. The molecule has 1 aliphatic heterocycles. The van der Waals surface area contributed by atoms with Crippen molar-refractivity contribution in [2.45, 2.75) is 32.2 Å². The highest BCUT2D eigenvalue weighted by Crippen LogP contribution is 2.12. The normalized spacial score (nSPS) is 19.5. The number of nitrogens with zero attached hydrogens (tertiary/aromatic N) is 1. The van der Waals surface area contributed by atoms with Crippen LogP contribution in [0, 0.1) is 5.82 Å². The highest BCUT2D eigenvalue weighted by Gasteiger charge is 2.22. The zero-order valence-corrected chi connectivity index (χ0v) is 11.4. The Morgan fingerprint density at radius 3 is 2.84 bits per heavy atom. The average molecular weight is 264 g/mol. The molecule has 1 fully saturated rings. The molecular formula is C15H21FN2O. The Morgan fingerprint density at radius 2 is 2.16 bits per heavy atom. The maximum atomic E-state index is 12.8. The summed E-state index contributed by atoms with van der Waals surface area (Å²) in [6.07, 6.45) is 2.54. The Labute approximate surface area is 113 Å². The highest BCUT2D eigenvalue weighted by atomic mass is 19.1. The first-order valence-corrected chi connectivity index (χ1v) is 6.94. The number of rotatable bonds is 4. The van der Waals surface area contributed by atoms with E-state index in [9.17, 15) is 9.18 Å². The summed E-state index contributed by atoms with van der Waals surface area (Å²) in [7, 11) is 0. The molecule has 19 heavy (non-hydrogen) atoms. The van der Waals surface area contributed by atoms with Crippen molar-refractivity contribution in [2.75, 3.05) is 19.6 Å². The van der Waals surface area contributed by atoms with Crippen LogP contribution in [0.5, 0.6) is 0 Å². The van der Waals surface area contributed by atoms with Crippen LogP contribution >= 0.6 is 0 Å². The minimum atomic E-state index is -0.263. The molecule has 3 nitrogen and oxygen atoms in total. The fourth-order valence-electron chi connectivity index (χ4n) is 2.55. The highest BCUT2D eigenvalue weighted by molar-refractivity contribution is 5.78. The van der Waals surface area contributed by atoms with Crippen molar-refractivity contribution in [1.29, 1.82) is 0 Å². The van der Waals surface area contributed by atoms with Gasteiger partial charge in [0.2, 0.25) is 5.91 Å². The fraction of sp³-hybridized carbons (Fsp3) is 0.533. The van der Waals surface area contributed by atoms with Gasteiger partial charge in [0.1, 0.15) is 5.82 Å². The topological polar surface area (TPSA) is 32.3 Å². The van der Waals surface area contributed by atoms with Crippen molar-refractivity contribution in [3.63, 3.8) is 0 Å². The summed E-state index contributed by atoms with van der Waals surface area (Å²) < 4.78 is 12.8. The first kappa shape index (κ1) is 14.0. The van der Waals surface area contributed by atoms with Crippen LogP contribution in [0.1, 0.15) is 25.3 Å². The van der Waals surface area contributed by atoms with E-state index in [0.717, 1.165) is 38.0 Å². The van der Waals surface area contributed by atoms with E-state index < -0.39 is 0 Å². The Morgan fingerprint density at radius 1 is 1.42 bits per heavy atom. The second kappa shape index (κ2) is 6.66. The summed E-state index contributed by atoms with van der Waals surface area (Å²) in [4.78, 5) is 14.1. The van der Waals surface area contributed by atoms with Gasteiger partial charge >= 0.3 is 0 Å². The standard InChI is InChI=1S/C15H21FN2O/c1-2-17-14-4-3-9-18(11-14)15(19)10-12-5-7-13(16)8-6-12/h5-8,14,17H,2-4,9-11H2,1H3. The molecule has 0 radical (unpaired) electrons. The molecule has 0 spiro atoms. The summed E-state index contributed by atoms with van der Waals surface area (Å²) in [6, 6.07) is 6.58. The number of carbonyl (C=O) groups excluding carboxylic acids is 1. The van der Waals surface area contributed by atoms with Gasteiger partial charge in [-0.1, -0.05) is 19.1 Å². The average Bonchev–Trinajstić information content (AvgIpc) is 2.42. The minimum absolute atomic E-state index is 0.134. The molecule has 0 saturated carbocycles. The number of likely N-dealkylation sites (N-methyl/N-ethyl adjacent to an activating group) is 1. The molecule has 1 aliphatic rings. The van der Waals surface area contributed by atoms with Crippen molar-refractivity contribution >= 4 is 5.91 Å². The second-order valence-electron chi connectivity index (χ2n) is 5.04. The van der Waals surface area contributed by atoms with Crippen molar-refractivity contribution in [3.05, 3.63) is 35.6 Å². The van der Waals surface area contributed by atoms with Crippen molar-refractivity contribution in [3.8, 4) is 0 Å². The molecule has 1 saturated heterocycles. The first-order valence-electron chi connectivity index (χ1n) is 6.94. The molecule has 1 N–H and O–H groups in total. The monoisotopic (exact) mass is 264 g/mol. The van der Waals surface area contributed by atoms with Gasteiger partial charge in [-0.15, -0.1) is 0 Å². The number of benzene rings is 1.